The number of amides is 1. The topological polar surface area (TPSA) is 72.4 Å². The molecular formula is C15H12N4O2S. The van der Waals surface area contributed by atoms with Crippen molar-refractivity contribution in [3.63, 3.8) is 0 Å². The molecule has 22 heavy (non-hydrogen) atoms. The Morgan fingerprint density at radius 3 is 2.95 bits per heavy atom. The largest absolute Gasteiger partial charge is 0.351 e. The first-order valence-corrected chi connectivity index (χ1v) is 6.79. The normalized spacial score (nSPS) is 9.59. The van der Waals surface area contributed by atoms with Gasteiger partial charge in [0.25, 0.3) is 5.91 Å². The number of hydrogen-bond acceptors (Lipinski definition) is 5. The molecule has 0 bridgehead atoms. The Hall–Kier alpha value is -2.98. The summed E-state index contributed by atoms with van der Waals surface area (Å²) >= 11 is 1.30. The Balaban J connectivity index is 0.00000176. The van der Waals surface area contributed by atoms with E-state index in [9.17, 15) is 4.79 Å². The number of thiazole rings is 1. The van der Waals surface area contributed by atoms with E-state index >= 15 is 0 Å². The molecule has 0 aliphatic heterocycles. The van der Waals surface area contributed by atoms with Gasteiger partial charge >= 0.3 is 0 Å². The maximum Gasteiger partial charge on any atom is 0.296 e. The van der Waals surface area contributed by atoms with Crippen molar-refractivity contribution in [3.8, 4) is 11.3 Å². The summed E-state index contributed by atoms with van der Waals surface area (Å²) in [5.74, 6) is -0.273. The van der Waals surface area contributed by atoms with Gasteiger partial charge in [-0.3, -0.25) is 10.1 Å². The van der Waals surface area contributed by atoms with Crippen LogP contribution in [0.15, 0.2) is 46.4 Å². The predicted molar refractivity (Wildman–Crippen MR) is 85.0 cm³/mol. The maximum absolute atomic E-state index is 11.8. The SMILES string of the molecule is C.[C-]#[N+]c1cccc(-c2csc(NC(=O)c3ccno3)n2)c1. The minimum absolute atomic E-state index is 0. The molecule has 2 heterocycles. The van der Waals surface area contributed by atoms with E-state index in [1.54, 1.807) is 18.2 Å². The van der Waals surface area contributed by atoms with Crippen LogP contribution in [0.2, 0.25) is 0 Å². The molecule has 1 amide bonds. The van der Waals surface area contributed by atoms with Crippen molar-refractivity contribution in [1.29, 1.82) is 0 Å². The van der Waals surface area contributed by atoms with Gasteiger partial charge in [-0.15, -0.1) is 11.3 Å². The van der Waals surface area contributed by atoms with Gasteiger partial charge in [-0.25, -0.2) is 9.83 Å². The third-order valence-electron chi connectivity index (χ3n) is 2.66. The van der Waals surface area contributed by atoms with E-state index in [0.29, 0.717) is 16.5 Å². The molecule has 6 nitrogen and oxygen atoms in total. The third kappa shape index (κ3) is 3.19. The number of hydrogen-bond donors (Lipinski definition) is 1. The van der Waals surface area contributed by atoms with Crippen molar-refractivity contribution in [2.75, 3.05) is 5.32 Å². The number of carbonyl (C=O) groups is 1. The Labute approximate surface area is 131 Å². The summed E-state index contributed by atoms with van der Waals surface area (Å²) in [5, 5.41) is 8.39. The van der Waals surface area contributed by atoms with Gasteiger partial charge in [-0.1, -0.05) is 30.8 Å². The summed E-state index contributed by atoms with van der Waals surface area (Å²) in [6.07, 6.45) is 1.40. The van der Waals surface area contributed by atoms with Crippen LogP contribution in [0.3, 0.4) is 0 Å². The van der Waals surface area contributed by atoms with Gasteiger partial charge in [0.05, 0.1) is 18.5 Å². The van der Waals surface area contributed by atoms with Crippen LogP contribution in [0.1, 0.15) is 18.0 Å². The molecule has 7 heteroatoms. The van der Waals surface area contributed by atoms with Crippen LogP contribution < -0.4 is 5.32 Å². The second-order valence-corrected chi connectivity index (χ2v) is 4.89. The predicted octanol–water partition coefficient (Wildman–Crippen LogP) is 4.24. The zero-order chi connectivity index (χ0) is 14.7. The lowest BCUT2D eigenvalue weighted by Crippen LogP contribution is -2.10. The molecule has 3 aromatic rings. The lowest BCUT2D eigenvalue weighted by atomic mass is 10.1. The Bertz CT molecular complexity index is 818. The minimum Gasteiger partial charge on any atom is -0.351 e. The minimum atomic E-state index is -0.400. The number of carbonyl (C=O) groups excluding carboxylic acids is 1. The average molecular weight is 312 g/mol. The number of benzene rings is 1. The van der Waals surface area contributed by atoms with Gasteiger partial charge in [0.2, 0.25) is 5.76 Å². The molecule has 0 unspecified atom stereocenters. The highest BCUT2D eigenvalue weighted by atomic mass is 32.1. The molecule has 0 aliphatic rings. The van der Waals surface area contributed by atoms with Gasteiger partial charge in [0, 0.05) is 11.4 Å². The van der Waals surface area contributed by atoms with Crippen molar-refractivity contribution in [1.82, 2.24) is 10.1 Å². The molecule has 0 fully saturated rings. The quantitative estimate of drug-likeness (QED) is 0.734. The van der Waals surface area contributed by atoms with Crippen molar-refractivity contribution >= 4 is 28.1 Å². The Morgan fingerprint density at radius 2 is 2.23 bits per heavy atom. The van der Waals surface area contributed by atoms with E-state index < -0.39 is 5.91 Å². The first kappa shape index (κ1) is 15.4. The Morgan fingerprint density at radius 1 is 1.36 bits per heavy atom. The zero-order valence-corrected chi connectivity index (χ0v) is 11.4. The maximum atomic E-state index is 11.8. The van der Waals surface area contributed by atoms with Gasteiger partial charge in [-0.05, 0) is 11.6 Å². The number of nitrogens with one attached hydrogen (secondary N) is 1. The van der Waals surface area contributed by atoms with Crippen LogP contribution in [0.5, 0.6) is 0 Å². The number of nitrogens with zero attached hydrogens (tertiary/aromatic N) is 3. The van der Waals surface area contributed by atoms with Crippen LogP contribution >= 0.6 is 11.3 Å². The molecule has 0 aliphatic carbocycles. The van der Waals surface area contributed by atoms with E-state index in [0.717, 1.165) is 5.56 Å². The molecule has 0 saturated carbocycles. The molecule has 110 valence electrons. The van der Waals surface area contributed by atoms with E-state index in [2.05, 4.69) is 20.3 Å². The first-order chi connectivity index (χ1) is 10.3. The van der Waals surface area contributed by atoms with Crippen LogP contribution in [0.4, 0.5) is 10.8 Å². The van der Waals surface area contributed by atoms with Crippen molar-refractivity contribution in [3.05, 3.63) is 59.1 Å². The van der Waals surface area contributed by atoms with Crippen LogP contribution in [-0.2, 0) is 0 Å². The van der Waals surface area contributed by atoms with Gasteiger partial charge in [-0.2, -0.15) is 0 Å². The molecular weight excluding hydrogens is 300 g/mol. The van der Waals surface area contributed by atoms with E-state index in [4.69, 9.17) is 11.1 Å². The fourth-order valence-corrected chi connectivity index (χ4v) is 2.40. The molecule has 1 N–H and O–H groups in total. The summed E-state index contributed by atoms with van der Waals surface area (Å²) < 4.78 is 4.77. The van der Waals surface area contributed by atoms with Gasteiger partial charge in [0.1, 0.15) is 0 Å². The van der Waals surface area contributed by atoms with Crippen LogP contribution in [0, 0.1) is 6.57 Å². The fourth-order valence-electron chi connectivity index (χ4n) is 1.69. The summed E-state index contributed by atoms with van der Waals surface area (Å²) in [4.78, 5) is 19.5. The first-order valence-electron chi connectivity index (χ1n) is 5.92. The molecule has 3 rings (SSSR count). The highest BCUT2D eigenvalue weighted by Crippen LogP contribution is 2.27. The molecule has 0 saturated heterocycles. The summed E-state index contributed by atoms with van der Waals surface area (Å²) in [6.45, 7) is 7.01. The monoisotopic (exact) mass is 312 g/mol. The molecule has 0 atom stereocenters. The second-order valence-electron chi connectivity index (χ2n) is 4.03. The lowest BCUT2D eigenvalue weighted by molar-refractivity contribution is 0.0988. The van der Waals surface area contributed by atoms with E-state index in [1.165, 1.54) is 23.6 Å². The highest BCUT2D eigenvalue weighted by Gasteiger charge is 2.12. The number of aromatic nitrogens is 2. The van der Waals surface area contributed by atoms with Crippen LogP contribution in [0.25, 0.3) is 16.1 Å². The Kier molecular flexibility index (Phi) is 4.66. The molecule has 2 aromatic heterocycles. The smallest absolute Gasteiger partial charge is 0.296 e. The number of anilines is 1. The van der Waals surface area contributed by atoms with E-state index in [1.807, 2.05) is 11.4 Å². The average Bonchev–Trinajstić information content (AvgIpc) is 3.18. The fraction of sp³-hybridized carbons (Fsp3) is 0.0667. The van der Waals surface area contributed by atoms with Crippen molar-refractivity contribution in [2.45, 2.75) is 7.43 Å². The summed E-state index contributed by atoms with van der Waals surface area (Å²) in [5.41, 5.74) is 2.09. The van der Waals surface area contributed by atoms with Crippen LogP contribution in [-0.4, -0.2) is 16.0 Å². The molecule has 0 radical (unpaired) electrons. The standard InChI is InChI=1S/C14H8N4O2S.CH4/c1-15-10-4-2-3-9(7-10)11-8-21-14(17-11)18-13(19)12-5-6-16-20-12;/h2-8H,(H,17,18,19);1H4. The van der Waals surface area contributed by atoms with Crippen molar-refractivity contribution in [2.24, 2.45) is 0 Å². The van der Waals surface area contributed by atoms with Gasteiger partial charge < -0.3 is 4.52 Å². The molecule has 1 aromatic carbocycles. The van der Waals surface area contributed by atoms with Gasteiger partial charge in [0.15, 0.2) is 10.8 Å². The second kappa shape index (κ2) is 6.65. The molecule has 0 spiro atoms. The highest BCUT2D eigenvalue weighted by molar-refractivity contribution is 7.14. The lowest BCUT2D eigenvalue weighted by Gasteiger charge is -1.98. The summed E-state index contributed by atoms with van der Waals surface area (Å²) in [6, 6.07) is 8.63. The van der Waals surface area contributed by atoms with Crippen molar-refractivity contribution < 1.29 is 9.32 Å². The zero-order valence-electron chi connectivity index (χ0n) is 10.6. The number of rotatable bonds is 3. The summed E-state index contributed by atoms with van der Waals surface area (Å²) in [7, 11) is 0. The third-order valence-corrected chi connectivity index (χ3v) is 3.42. The van der Waals surface area contributed by atoms with E-state index in [-0.39, 0.29) is 13.2 Å².